The molecule has 0 saturated carbocycles. The number of nitrogens with zero attached hydrogens (tertiary/aromatic N) is 2. The van der Waals surface area contributed by atoms with Gasteiger partial charge >= 0.3 is 6.03 Å². The van der Waals surface area contributed by atoms with Crippen molar-refractivity contribution in [2.24, 2.45) is 5.92 Å². The molecule has 1 atom stereocenters. The maximum atomic E-state index is 12.8. The third-order valence-electron chi connectivity index (χ3n) is 5.19. The number of hydrogen-bond donors (Lipinski definition) is 2. The van der Waals surface area contributed by atoms with E-state index in [1.807, 2.05) is 13.8 Å². The summed E-state index contributed by atoms with van der Waals surface area (Å²) in [6.07, 6.45) is 0.455. The normalized spacial score (nSPS) is 22.6. The molecule has 0 aromatic heterocycles. The van der Waals surface area contributed by atoms with Crippen LogP contribution in [0, 0.1) is 5.92 Å². The predicted molar refractivity (Wildman–Crippen MR) is 113 cm³/mol. The number of rotatable bonds is 7. The zero-order chi connectivity index (χ0) is 22.8. The number of sulfonamides is 1. The SMILES string of the molecule is CC(C)CC1(C)NC(=O)N(CC(=O)Nc2cccc(S(=O)(=O)N3CCOCC3)c2)C1=O. The van der Waals surface area contributed by atoms with Gasteiger partial charge in [-0.2, -0.15) is 4.31 Å². The molecule has 2 fully saturated rings. The standard InChI is InChI=1S/C20H28N4O6S/c1-14(2)12-20(3)18(26)24(19(27)22-20)13-17(25)21-15-5-4-6-16(11-15)31(28,29)23-7-9-30-10-8-23/h4-6,11,14H,7-10,12-13H2,1-3H3,(H,21,25)(H,22,27). The minimum atomic E-state index is -3.71. The fraction of sp³-hybridized carbons (Fsp3) is 0.550. The number of urea groups is 1. The number of carbonyl (C=O) groups excluding carboxylic acids is 3. The van der Waals surface area contributed by atoms with Crippen LogP contribution in [0.4, 0.5) is 10.5 Å². The summed E-state index contributed by atoms with van der Waals surface area (Å²) in [5.41, 5.74) is -0.783. The monoisotopic (exact) mass is 452 g/mol. The van der Waals surface area contributed by atoms with Crippen LogP contribution in [0.5, 0.6) is 0 Å². The Balaban J connectivity index is 1.68. The summed E-state index contributed by atoms with van der Waals surface area (Å²) in [5.74, 6) is -0.873. The number of hydrogen-bond acceptors (Lipinski definition) is 6. The molecular formula is C20H28N4O6S. The van der Waals surface area contributed by atoms with Crippen LogP contribution in [0.15, 0.2) is 29.2 Å². The van der Waals surface area contributed by atoms with Gasteiger partial charge in [0.05, 0.1) is 18.1 Å². The van der Waals surface area contributed by atoms with E-state index >= 15 is 0 Å². The highest BCUT2D eigenvalue weighted by Gasteiger charge is 2.48. The third kappa shape index (κ3) is 5.05. The Bertz CT molecular complexity index is 974. The Morgan fingerprint density at radius 3 is 2.58 bits per heavy atom. The van der Waals surface area contributed by atoms with Gasteiger partial charge in [0.2, 0.25) is 15.9 Å². The summed E-state index contributed by atoms with van der Waals surface area (Å²) in [6.45, 7) is 6.26. The van der Waals surface area contributed by atoms with Crippen molar-refractivity contribution in [3.05, 3.63) is 24.3 Å². The van der Waals surface area contributed by atoms with Crippen LogP contribution < -0.4 is 10.6 Å². The van der Waals surface area contributed by atoms with Gasteiger partial charge in [0, 0.05) is 18.8 Å². The van der Waals surface area contributed by atoms with Gasteiger partial charge in [-0.15, -0.1) is 0 Å². The highest BCUT2D eigenvalue weighted by Crippen LogP contribution is 2.25. The molecule has 2 aliphatic rings. The first-order chi connectivity index (χ1) is 14.5. The average Bonchev–Trinajstić information content (AvgIpc) is 2.91. The largest absolute Gasteiger partial charge is 0.379 e. The molecule has 2 heterocycles. The quantitative estimate of drug-likeness (QED) is 0.595. The van der Waals surface area contributed by atoms with Crippen molar-refractivity contribution in [2.45, 2.75) is 37.6 Å². The molecule has 2 N–H and O–H groups in total. The molecule has 2 saturated heterocycles. The second-order valence-electron chi connectivity index (χ2n) is 8.34. The number of benzene rings is 1. The van der Waals surface area contributed by atoms with E-state index in [1.165, 1.54) is 22.5 Å². The predicted octanol–water partition coefficient (Wildman–Crippen LogP) is 1.00. The zero-order valence-electron chi connectivity index (χ0n) is 17.9. The van der Waals surface area contributed by atoms with Crippen LogP contribution in [0.2, 0.25) is 0 Å². The molecule has 0 aliphatic carbocycles. The number of nitrogens with one attached hydrogen (secondary N) is 2. The molecule has 3 rings (SSSR count). The van der Waals surface area contributed by atoms with Crippen molar-refractivity contribution in [1.29, 1.82) is 0 Å². The van der Waals surface area contributed by atoms with Gasteiger partial charge < -0.3 is 15.4 Å². The fourth-order valence-electron chi connectivity index (χ4n) is 3.86. The van der Waals surface area contributed by atoms with Crippen molar-refractivity contribution >= 4 is 33.6 Å². The number of ether oxygens (including phenoxy) is 1. The molecule has 0 radical (unpaired) electrons. The van der Waals surface area contributed by atoms with E-state index in [2.05, 4.69) is 10.6 Å². The molecule has 0 bridgehead atoms. The highest BCUT2D eigenvalue weighted by atomic mass is 32.2. The summed E-state index contributed by atoms with van der Waals surface area (Å²) in [7, 11) is -3.71. The van der Waals surface area contributed by atoms with E-state index in [0.29, 0.717) is 19.6 Å². The molecule has 10 nitrogen and oxygen atoms in total. The maximum absolute atomic E-state index is 12.8. The minimum absolute atomic E-state index is 0.0479. The van der Waals surface area contributed by atoms with Gasteiger partial charge in [-0.1, -0.05) is 19.9 Å². The average molecular weight is 453 g/mol. The number of morpholine rings is 1. The van der Waals surface area contributed by atoms with Crippen molar-refractivity contribution in [3.63, 3.8) is 0 Å². The summed E-state index contributed by atoms with van der Waals surface area (Å²) >= 11 is 0. The van der Waals surface area contributed by atoms with Crippen LogP contribution in [0.25, 0.3) is 0 Å². The number of imide groups is 1. The highest BCUT2D eigenvalue weighted by molar-refractivity contribution is 7.89. The minimum Gasteiger partial charge on any atom is -0.379 e. The van der Waals surface area contributed by atoms with Crippen LogP contribution in [-0.4, -0.2) is 73.9 Å². The van der Waals surface area contributed by atoms with E-state index in [9.17, 15) is 22.8 Å². The number of amides is 4. The molecule has 170 valence electrons. The zero-order valence-corrected chi connectivity index (χ0v) is 18.7. The van der Waals surface area contributed by atoms with E-state index < -0.39 is 40.0 Å². The Morgan fingerprint density at radius 2 is 1.94 bits per heavy atom. The molecule has 1 unspecified atom stereocenters. The Labute approximate surface area is 182 Å². The van der Waals surface area contributed by atoms with Gasteiger partial charge in [-0.05, 0) is 37.5 Å². The van der Waals surface area contributed by atoms with E-state index in [1.54, 1.807) is 13.0 Å². The lowest BCUT2D eigenvalue weighted by atomic mass is 9.91. The van der Waals surface area contributed by atoms with Crippen molar-refractivity contribution < 1.29 is 27.5 Å². The summed E-state index contributed by atoms with van der Waals surface area (Å²) in [4.78, 5) is 38.4. The van der Waals surface area contributed by atoms with Crippen LogP contribution in [0.1, 0.15) is 27.2 Å². The lowest BCUT2D eigenvalue weighted by Crippen LogP contribution is -2.45. The van der Waals surface area contributed by atoms with Gasteiger partial charge in [-0.3, -0.25) is 14.5 Å². The Kier molecular flexibility index (Phi) is 6.68. The molecule has 1 aromatic carbocycles. The topological polar surface area (TPSA) is 125 Å². The Hall–Kier alpha value is -2.50. The summed E-state index contributed by atoms with van der Waals surface area (Å²) in [6, 6.07) is 5.26. The smallest absolute Gasteiger partial charge is 0.325 e. The van der Waals surface area contributed by atoms with E-state index in [0.717, 1.165) is 4.90 Å². The molecule has 0 spiro atoms. The van der Waals surface area contributed by atoms with Gasteiger partial charge in [0.1, 0.15) is 12.1 Å². The first-order valence-corrected chi connectivity index (χ1v) is 11.6. The molecule has 11 heteroatoms. The Morgan fingerprint density at radius 1 is 1.26 bits per heavy atom. The molecule has 4 amide bonds. The maximum Gasteiger partial charge on any atom is 0.325 e. The van der Waals surface area contributed by atoms with Crippen LogP contribution in [-0.2, 0) is 24.3 Å². The van der Waals surface area contributed by atoms with Gasteiger partial charge in [0.15, 0.2) is 0 Å². The van der Waals surface area contributed by atoms with Gasteiger partial charge in [0.25, 0.3) is 5.91 Å². The number of anilines is 1. The van der Waals surface area contributed by atoms with Crippen molar-refractivity contribution in [3.8, 4) is 0 Å². The fourth-order valence-corrected chi connectivity index (χ4v) is 5.31. The lowest BCUT2D eigenvalue weighted by molar-refractivity contribution is -0.133. The first-order valence-electron chi connectivity index (χ1n) is 10.1. The van der Waals surface area contributed by atoms with Gasteiger partial charge in [-0.25, -0.2) is 13.2 Å². The molecular weight excluding hydrogens is 424 g/mol. The summed E-state index contributed by atoms with van der Waals surface area (Å²) < 4.78 is 32.1. The summed E-state index contributed by atoms with van der Waals surface area (Å²) in [5, 5.41) is 5.23. The second-order valence-corrected chi connectivity index (χ2v) is 10.3. The van der Waals surface area contributed by atoms with E-state index in [-0.39, 0.29) is 29.6 Å². The molecule has 1 aromatic rings. The number of carbonyl (C=O) groups is 3. The second kappa shape index (κ2) is 8.93. The molecule has 2 aliphatic heterocycles. The van der Waals surface area contributed by atoms with Crippen LogP contribution >= 0.6 is 0 Å². The lowest BCUT2D eigenvalue weighted by Gasteiger charge is -2.26. The van der Waals surface area contributed by atoms with E-state index in [4.69, 9.17) is 4.74 Å². The first kappa shape index (κ1) is 23.2. The third-order valence-corrected chi connectivity index (χ3v) is 7.08. The molecule has 31 heavy (non-hydrogen) atoms. The van der Waals surface area contributed by atoms with Crippen LogP contribution in [0.3, 0.4) is 0 Å². The van der Waals surface area contributed by atoms with Crippen molar-refractivity contribution in [1.82, 2.24) is 14.5 Å². The van der Waals surface area contributed by atoms with Crippen molar-refractivity contribution in [2.75, 3.05) is 38.2 Å².